The molecule has 1 fully saturated rings. The van der Waals surface area contributed by atoms with E-state index in [9.17, 15) is 8.42 Å². The van der Waals surface area contributed by atoms with Crippen LogP contribution in [0.3, 0.4) is 0 Å². The summed E-state index contributed by atoms with van der Waals surface area (Å²) in [6, 6.07) is 7.55. The molecule has 2 aromatic rings. The van der Waals surface area contributed by atoms with Crippen molar-refractivity contribution in [1.29, 1.82) is 0 Å². The molecule has 0 saturated carbocycles. The number of nitrogens with two attached hydrogens (primary N) is 1. The van der Waals surface area contributed by atoms with Gasteiger partial charge in [0.25, 0.3) is 0 Å². The minimum absolute atomic E-state index is 0.00221. The zero-order valence-electron chi connectivity index (χ0n) is 16.3. The molecule has 0 amide bonds. The standard InChI is InChI=1S/C20H27N5O3S/c21-20-19(29(26,27)25-13-17-3-1-2-6-23-17)10-15(12-24-20)14-4-5-18-16(9-14)11-22-7-8-28-18/h4-5,9-10,12,17,22-23,25H,1-3,6-8,11,13H2,(H2,21,24). The van der Waals surface area contributed by atoms with Crippen molar-refractivity contribution in [3.63, 3.8) is 0 Å². The van der Waals surface area contributed by atoms with E-state index in [1.165, 1.54) is 0 Å². The fourth-order valence-electron chi connectivity index (χ4n) is 3.71. The van der Waals surface area contributed by atoms with Crippen molar-refractivity contribution in [2.24, 2.45) is 0 Å². The van der Waals surface area contributed by atoms with E-state index in [2.05, 4.69) is 20.3 Å². The van der Waals surface area contributed by atoms with Gasteiger partial charge in [-0.3, -0.25) is 0 Å². The third kappa shape index (κ3) is 4.69. The summed E-state index contributed by atoms with van der Waals surface area (Å²) in [6.45, 7) is 3.38. The number of benzene rings is 1. The minimum atomic E-state index is -3.76. The van der Waals surface area contributed by atoms with Crippen LogP contribution in [-0.2, 0) is 16.6 Å². The summed E-state index contributed by atoms with van der Waals surface area (Å²) in [7, 11) is -3.76. The number of piperidine rings is 1. The smallest absolute Gasteiger partial charge is 0.244 e. The molecule has 2 aliphatic rings. The molecule has 1 saturated heterocycles. The van der Waals surface area contributed by atoms with Gasteiger partial charge >= 0.3 is 0 Å². The van der Waals surface area contributed by atoms with Gasteiger partial charge in [0.05, 0.1) is 0 Å². The van der Waals surface area contributed by atoms with Crippen molar-refractivity contribution in [3.05, 3.63) is 36.0 Å². The Morgan fingerprint density at radius 3 is 2.93 bits per heavy atom. The van der Waals surface area contributed by atoms with E-state index in [1.807, 2.05) is 18.2 Å². The van der Waals surface area contributed by atoms with E-state index in [4.69, 9.17) is 10.5 Å². The molecule has 0 bridgehead atoms. The summed E-state index contributed by atoms with van der Waals surface area (Å²) in [6.07, 6.45) is 4.80. The first-order chi connectivity index (χ1) is 14.0. The van der Waals surface area contributed by atoms with Gasteiger partial charge in [-0.15, -0.1) is 0 Å². The van der Waals surface area contributed by atoms with Crippen LogP contribution in [0.15, 0.2) is 35.4 Å². The number of hydrogen-bond acceptors (Lipinski definition) is 7. The number of hydrogen-bond donors (Lipinski definition) is 4. The zero-order valence-corrected chi connectivity index (χ0v) is 17.1. The SMILES string of the molecule is Nc1ncc(-c2ccc3c(c2)CNCCO3)cc1S(=O)(=O)NCC1CCCCN1. The molecular formula is C20H27N5O3S. The Bertz CT molecular complexity index is 974. The number of anilines is 1. The lowest BCUT2D eigenvalue weighted by Gasteiger charge is -2.23. The third-order valence-corrected chi connectivity index (χ3v) is 6.80. The summed E-state index contributed by atoms with van der Waals surface area (Å²) < 4.78 is 34.1. The Morgan fingerprint density at radius 1 is 1.21 bits per heavy atom. The Morgan fingerprint density at radius 2 is 2.10 bits per heavy atom. The van der Waals surface area contributed by atoms with Crippen LogP contribution in [0.2, 0.25) is 0 Å². The fourth-order valence-corrected chi connectivity index (χ4v) is 4.89. The molecule has 1 unspecified atom stereocenters. The van der Waals surface area contributed by atoms with Crippen molar-refractivity contribution < 1.29 is 13.2 Å². The lowest BCUT2D eigenvalue weighted by Crippen LogP contribution is -2.43. The van der Waals surface area contributed by atoms with Crippen LogP contribution < -0.4 is 25.8 Å². The predicted octanol–water partition coefficient (Wildman–Crippen LogP) is 1.23. The highest BCUT2D eigenvalue weighted by molar-refractivity contribution is 7.89. The highest BCUT2D eigenvalue weighted by Crippen LogP contribution is 2.30. The van der Waals surface area contributed by atoms with Crippen molar-refractivity contribution in [3.8, 4) is 16.9 Å². The first-order valence-corrected chi connectivity index (χ1v) is 11.5. The van der Waals surface area contributed by atoms with E-state index < -0.39 is 10.0 Å². The quantitative estimate of drug-likeness (QED) is 0.578. The van der Waals surface area contributed by atoms with Gasteiger partial charge in [-0.1, -0.05) is 12.5 Å². The summed E-state index contributed by atoms with van der Waals surface area (Å²) in [5.74, 6) is 0.842. The highest BCUT2D eigenvalue weighted by atomic mass is 32.2. The van der Waals surface area contributed by atoms with E-state index in [0.717, 1.165) is 49.2 Å². The summed E-state index contributed by atoms with van der Waals surface area (Å²) in [4.78, 5) is 4.15. The maximum absolute atomic E-state index is 12.9. The second-order valence-corrected chi connectivity index (χ2v) is 9.19. The van der Waals surface area contributed by atoms with Gasteiger partial charge in [-0.2, -0.15) is 0 Å². The van der Waals surface area contributed by atoms with Crippen LogP contribution in [0.25, 0.3) is 11.1 Å². The molecule has 9 heteroatoms. The number of nitrogens with zero attached hydrogens (tertiary/aromatic N) is 1. The summed E-state index contributed by atoms with van der Waals surface area (Å²) in [5, 5.41) is 6.64. The maximum Gasteiger partial charge on any atom is 0.244 e. The minimum Gasteiger partial charge on any atom is -0.492 e. The Kier molecular flexibility index (Phi) is 6.00. The molecule has 2 aliphatic heterocycles. The van der Waals surface area contributed by atoms with E-state index in [0.29, 0.717) is 25.3 Å². The second kappa shape index (κ2) is 8.66. The van der Waals surface area contributed by atoms with Gasteiger partial charge in [0.2, 0.25) is 10.0 Å². The average molecular weight is 418 g/mol. The van der Waals surface area contributed by atoms with Gasteiger partial charge in [-0.25, -0.2) is 18.1 Å². The average Bonchev–Trinajstić information content (AvgIpc) is 2.98. The number of pyridine rings is 1. The van der Waals surface area contributed by atoms with Crippen LogP contribution in [0.4, 0.5) is 5.82 Å². The Hall–Kier alpha value is -2.20. The fraction of sp³-hybridized carbons (Fsp3) is 0.450. The number of rotatable bonds is 5. The van der Waals surface area contributed by atoms with Gasteiger partial charge in [0.1, 0.15) is 23.1 Å². The monoisotopic (exact) mass is 417 g/mol. The molecule has 1 aromatic heterocycles. The van der Waals surface area contributed by atoms with Crippen LogP contribution in [-0.4, -0.2) is 45.7 Å². The molecular weight excluding hydrogens is 390 g/mol. The lowest BCUT2D eigenvalue weighted by atomic mass is 10.0. The second-order valence-electron chi connectivity index (χ2n) is 7.45. The molecule has 1 atom stereocenters. The molecule has 0 aliphatic carbocycles. The molecule has 4 rings (SSSR count). The first-order valence-electron chi connectivity index (χ1n) is 9.98. The van der Waals surface area contributed by atoms with E-state index in [1.54, 1.807) is 12.3 Å². The van der Waals surface area contributed by atoms with Crippen LogP contribution >= 0.6 is 0 Å². The highest BCUT2D eigenvalue weighted by Gasteiger charge is 2.22. The molecule has 1 aromatic carbocycles. The maximum atomic E-state index is 12.9. The topological polar surface area (TPSA) is 118 Å². The van der Waals surface area contributed by atoms with Crippen molar-refractivity contribution in [2.75, 3.05) is 32.0 Å². The van der Waals surface area contributed by atoms with Crippen molar-refractivity contribution >= 4 is 15.8 Å². The number of ether oxygens (including phenoxy) is 1. The van der Waals surface area contributed by atoms with Crippen molar-refractivity contribution in [1.82, 2.24) is 20.3 Å². The molecule has 3 heterocycles. The molecule has 0 radical (unpaired) electrons. The summed E-state index contributed by atoms with van der Waals surface area (Å²) in [5.41, 5.74) is 8.51. The zero-order chi connectivity index (χ0) is 20.3. The van der Waals surface area contributed by atoms with Crippen LogP contribution in [0.5, 0.6) is 5.75 Å². The molecule has 5 N–H and O–H groups in total. The van der Waals surface area contributed by atoms with Crippen molar-refractivity contribution in [2.45, 2.75) is 36.7 Å². The Labute approximate surface area is 171 Å². The Balaban J connectivity index is 1.58. The van der Waals surface area contributed by atoms with Gasteiger partial charge < -0.3 is 21.1 Å². The van der Waals surface area contributed by atoms with Gasteiger partial charge in [0, 0.05) is 43.0 Å². The first kappa shape index (κ1) is 20.1. The lowest BCUT2D eigenvalue weighted by molar-refractivity contribution is 0.326. The number of nitrogens with one attached hydrogen (secondary N) is 3. The number of fused-ring (bicyclic) bond motifs is 1. The van der Waals surface area contributed by atoms with E-state index in [-0.39, 0.29) is 16.8 Å². The molecule has 0 spiro atoms. The van der Waals surface area contributed by atoms with Gasteiger partial charge in [-0.05, 0) is 43.1 Å². The van der Waals surface area contributed by atoms with Gasteiger partial charge in [0.15, 0.2) is 0 Å². The number of sulfonamides is 1. The van der Waals surface area contributed by atoms with E-state index >= 15 is 0 Å². The summed E-state index contributed by atoms with van der Waals surface area (Å²) >= 11 is 0. The van der Waals surface area contributed by atoms with Crippen LogP contribution in [0, 0.1) is 0 Å². The third-order valence-electron chi connectivity index (χ3n) is 5.35. The van der Waals surface area contributed by atoms with Crippen LogP contribution in [0.1, 0.15) is 24.8 Å². The predicted molar refractivity (Wildman–Crippen MR) is 112 cm³/mol. The molecule has 29 heavy (non-hydrogen) atoms. The normalized spacial score (nSPS) is 19.8. The largest absolute Gasteiger partial charge is 0.492 e. The number of aromatic nitrogens is 1. The molecule has 156 valence electrons. The molecule has 8 nitrogen and oxygen atoms in total. The number of nitrogen functional groups attached to an aromatic ring is 1.